The van der Waals surface area contributed by atoms with Crippen molar-refractivity contribution in [3.05, 3.63) is 0 Å². The summed E-state index contributed by atoms with van der Waals surface area (Å²) in [6, 6.07) is 0. The maximum Gasteiger partial charge on any atom is 0.306 e. The van der Waals surface area contributed by atoms with Crippen molar-refractivity contribution in [2.45, 2.75) is 121 Å². The predicted octanol–water partition coefficient (Wildman–Crippen LogP) is 5.80. The van der Waals surface area contributed by atoms with E-state index < -0.39 is 0 Å². The van der Waals surface area contributed by atoms with Crippen LogP contribution in [0.4, 0.5) is 0 Å². The maximum atomic E-state index is 12.2. The molecule has 4 aliphatic rings. The van der Waals surface area contributed by atoms with Gasteiger partial charge in [-0.15, -0.1) is 0 Å². The van der Waals surface area contributed by atoms with Gasteiger partial charge in [-0.3, -0.25) is 9.59 Å². The minimum atomic E-state index is -0.340. The highest BCUT2D eigenvalue weighted by atomic mass is 79.9. The fourth-order valence-electron chi connectivity index (χ4n) is 8.22. The topological polar surface area (TPSA) is 72.8 Å². The summed E-state index contributed by atoms with van der Waals surface area (Å²) in [6.07, 6.45) is 9.08. The second-order valence-corrected chi connectivity index (χ2v) is 13.0. The average molecular weight is 528 g/mol. The van der Waals surface area contributed by atoms with Gasteiger partial charge in [-0.1, -0.05) is 50.0 Å². The molecule has 4 rings (SSSR count). The van der Waals surface area contributed by atoms with E-state index >= 15 is 0 Å². The Morgan fingerprint density at radius 1 is 0.970 bits per heavy atom. The quantitative estimate of drug-likeness (QED) is 0.349. The Balaban J connectivity index is 1.49. The third kappa shape index (κ3) is 4.52. The summed E-state index contributed by atoms with van der Waals surface area (Å²) in [5.41, 5.74) is 0.0912. The molecule has 1 N–H and O–H groups in total. The van der Waals surface area contributed by atoms with E-state index in [1.807, 2.05) is 6.92 Å². The minimum Gasteiger partial charge on any atom is -0.462 e. The standard InChI is InChI=1S/C27H43BrO5/c1-5-7-8-23(31)32-17-9-11-26(3)16(13-17)14-21(29)24-18(26)10-12-27(4)19(24)15-20(28)25(27)33-22(30)6-2/h16-21,24-25,29H,5-15H2,1-4H3/t16?,17-,18?,19?,20+,21?,24?,25-,26-,27-/m0/s1. The third-order valence-corrected chi connectivity index (χ3v) is 11.0. The summed E-state index contributed by atoms with van der Waals surface area (Å²) in [7, 11) is 0. The van der Waals surface area contributed by atoms with Crippen LogP contribution in [0.25, 0.3) is 0 Å². The first-order chi connectivity index (χ1) is 15.6. The van der Waals surface area contributed by atoms with Crippen LogP contribution in [0.1, 0.15) is 98.3 Å². The van der Waals surface area contributed by atoms with Crippen LogP contribution >= 0.6 is 15.9 Å². The highest BCUT2D eigenvalue weighted by Crippen LogP contribution is 2.67. The summed E-state index contributed by atoms with van der Waals surface area (Å²) in [6.45, 7) is 8.66. The zero-order valence-corrected chi connectivity index (χ0v) is 22.4. The maximum absolute atomic E-state index is 12.2. The molecule has 0 radical (unpaired) electrons. The Kier molecular flexibility index (Phi) is 7.56. The monoisotopic (exact) mass is 526 g/mol. The molecule has 4 fully saturated rings. The summed E-state index contributed by atoms with van der Waals surface area (Å²) in [5, 5.41) is 11.5. The normalized spacial score (nSPS) is 46.6. The molecule has 33 heavy (non-hydrogen) atoms. The second-order valence-electron chi connectivity index (χ2n) is 11.8. The SMILES string of the molecule is CCCCC(=O)O[C@H]1CC[C@@]2(C)C(CC(O)C3C2CC[C@@]2(C)C3C[C@@H](Br)[C@@H]2OC(=O)CC)C1. The van der Waals surface area contributed by atoms with E-state index in [9.17, 15) is 14.7 Å². The van der Waals surface area contributed by atoms with Gasteiger partial charge in [0, 0.05) is 18.3 Å². The van der Waals surface area contributed by atoms with Gasteiger partial charge in [-0.25, -0.2) is 0 Å². The first-order valence-corrected chi connectivity index (χ1v) is 14.3. The highest BCUT2D eigenvalue weighted by Gasteiger charge is 2.65. The number of hydrogen-bond donors (Lipinski definition) is 1. The van der Waals surface area contributed by atoms with Gasteiger partial charge in [0.2, 0.25) is 0 Å². The van der Waals surface area contributed by atoms with Gasteiger partial charge in [-0.2, -0.15) is 0 Å². The fraction of sp³-hybridized carbons (Fsp3) is 0.926. The zero-order chi connectivity index (χ0) is 24.0. The van der Waals surface area contributed by atoms with Gasteiger partial charge in [0.1, 0.15) is 12.2 Å². The molecular weight excluding hydrogens is 484 g/mol. The van der Waals surface area contributed by atoms with Crippen molar-refractivity contribution in [1.29, 1.82) is 0 Å². The van der Waals surface area contributed by atoms with E-state index in [4.69, 9.17) is 9.47 Å². The van der Waals surface area contributed by atoms with Gasteiger partial charge in [0.25, 0.3) is 0 Å². The molecule has 0 aromatic rings. The fourth-order valence-corrected chi connectivity index (χ4v) is 9.33. The van der Waals surface area contributed by atoms with Gasteiger partial charge >= 0.3 is 11.9 Å². The molecule has 0 aromatic heterocycles. The molecule has 5 nitrogen and oxygen atoms in total. The largest absolute Gasteiger partial charge is 0.462 e. The van der Waals surface area contributed by atoms with Crippen LogP contribution in [-0.4, -0.2) is 40.2 Å². The first-order valence-electron chi connectivity index (χ1n) is 13.3. The van der Waals surface area contributed by atoms with Crippen molar-refractivity contribution in [1.82, 2.24) is 0 Å². The molecule has 10 atom stereocenters. The van der Waals surface area contributed by atoms with Crippen molar-refractivity contribution in [2.75, 3.05) is 0 Å². The summed E-state index contributed by atoms with van der Waals surface area (Å²) in [5.74, 6) is 1.28. The molecule has 0 bridgehead atoms. The lowest BCUT2D eigenvalue weighted by atomic mass is 9.44. The third-order valence-electron chi connectivity index (χ3n) is 10.1. The number of rotatable bonds is 6. The molecule has 0 saturated heterocycles. The molecule has 6 heteroatoms. The van der Waals surface area contributed by atoms with Crippen molar-refractivity contribution in [3.63, 3.8) is 0 Å². The summed E-state index contributed by atoms with van der Waals surface area (Å²) in [4.78, 5) is 24.5. The Hall–Kier alpha value is -0.620. The van der Waals surface area contributed by atoms with Crippen LogP contribution in [0, 0.1) is 34.5 Å². The van der Waals surface area contributed by atoms with Crippen molar-refractivity contribution in [3.8, 4) is 0 Å². The number of aliphatic hydroxyl groups excluding tert-OH is 1. The number of alkyl halides is 1. The molecule has 5 unspecified atom stereocenters. The Morgan fingerprint density at radius 3 is 2.39 bits per heavy atom. The smallest absolute Gasteiger partial charge is 0.306 e. The molecule has 188 valence electrons. The van der Waals surface area contributed by atoms with Gasteiger partial charge < -0.3 is 14.6 Å². The predicted molar refractivity (Wildman–Crippen MR) is 131 cm³/mol. The number of esters is 2. The lowest BCUT2D eigenvalue weighted by Gasteiger charge is -2.62. The van der Waals surface area contributed by atoms with E-state index in [0.717, 1.165) is 57.8 Å². The summed E-state index contributed by atoms with van der Waals surface area (Å²) >= 11 is 3.85. The van der Waals surface area contributed by atoms with Crippen LogP contribution in [0.5, 0.6) is 0 Å². The molecular formula is C27H43BrO5. The van der Waals surface area contributed by atoms with E-state index in [2.05, 4.69) is 36.7 Å². The van der Waals surface area contributed by atoms with Gasteiger partial charge in [-0.05, 0) is 80.5 Å². The number of aliphatic hydroxyl groups is 1. The Bertz CT molecular complexity index is 742. The lowest BCUT2D eigenvalue weighted by molar-refractivity contribution is -0.189. The van der Waals surface area contributed by atoms with E-state index in [1.165, 1.54) is 0 Å². The highest BCUT2D eigenvalue weighted by molar-refractivity contribution is 9.09. The van der Waals surface area contributed by atoms with Crippen molar-refractivity contribution >= 4 is 27.9 Å². The Morgan fingerprint density at radius 2 is 1.70 bits per heavy atom. The number of unbranched alkanes of at least 4 members (excludes halogenated alkanes) is 1. The van der Waals surface area contributed by atoms with Crippen LogP contribution in [0.15, 0.2) is 0 Å². The Labute approximate surface area is 207 Å². The zero-order valence-electron chi connectivity index (χ0n) is 20.9. The molecule has 0 heterocycles. The summed E-state index contributed by atoms with van der Waals surface area (Å²) < 4.78 is 11.8. The molecule has 0 spiro atoms. The van der Waals surface area contributed by atoms with E-state index in [1.54, 1.807) is 0 Å². The first kappa shape index (κ1) is 25.5. The van der Waals surface area contributed by atoms with E-state index in [-0.39, 0.29) is 51.8 Å². The van der Waals surface area contributed by atoms with Crippen LogP contribution in [0.2, 0.25) is 0 Å². The number of fused-ring (bicyclic) bond motifs is 5. The minimum absolute atomic E-state index is 0.00118. The molecule has 4 aliphatic carbocycles. The van der Waals surface area contributed by atoms with Crippen LogP contribution < -0.4 is 0 Å². The number of halogens is 1. The number of ether oxygens (including phenoxy) is 2. The number of carbonyl (C=O) groups is 2. The van der Waals surface area contributed by atoms with Gasteiger partial charge in [0.05, 0.1) is 10.9 Å². The second kappa shape index (κ2) is 9.79. The van der Waals surface area contributed by atoms with Crippen molar-refractivity contribution in [2.24, 2.45) is 34.5 Å². The molecule has 4 saturated carbocycles. The molecule has 0 amide bonds. The van der Waals surface area contributed by atoms with Gasteiger partial charge in [0.15, 0.2) is 0 Å². The lowest BCUT2D eigenvalue weighted by Crippen LogP contribution is -2.59. The van der Waals surface area contributed by atoms with Crippen molar-refractivity contribution < 1.29 is 24.2 Å². The number of carbonyl (C=O) groups excluding carboxylic acids is 2. The molecule has 0 aromatic carbocycles. The van der Waals surface area contributed by atoms with Crippen LogP contribution in [-0.2, 0) is 19.1 Å². The van der Waals surface area contributed by atoms with E-state index in [0.29, 0.717) is 30.6 Å². The van der Waals surface area contributed by atoms with Crippen LogP contribution in [0.3, 0.4) is 0 Å². The average Bonchev–Trinajstić information content (AvgIpc) is 3.03. The molecule has 0 aliphatic heterocycles. The number of hydrogen-bond acceptors (Lipinski definition) is 5.